The first-order chi connectivity index (χ1) is 17.1. The number of ether oxygens (including phenoxy) is 1. The molecule has 0 aliphatic carbocycles. The third-order valence-electron chi connectivity index (χ3n) is 6.09. The van der Waals surface area contributed by atoms with Crippen molar-refractivity contribution in [2.24, 2.45) is 5.84 Å². The number of hydrogen-bond donors (Lipinski definition) is 4. The van der Waals surface area contributed by atoms with Gasteiger partial charge in [-0.3, -0.25) is 0 Å². The van der Waals surface area contributed by atoms with E-state index in [2.05, 4.69) is 69.7 Å². The molecule has 0 amide bonds. The molecule has 5 rings (SSSR count). The topological polar surface area (TPSA) is 117 Å². The molecule has 0 saturated carbocycles. The summed E-state index contributed by atoms with van der Waals surface area (Å²) in [5.74, 6) is 7.17. The van der Waals surface area contributed by atoms with E-state index in [-0.39, 0.29) is 0 Å². The number of hydrazine groups is 1. The summed E-state index contributed by atoms with van der Waals surface area (Å²) < 4.78 is 8.26. The highest BCUT2D eigenvalue weighted by molar-refractivity contribution is 5.84. The van der Waals surface area contributed by atoms with E-state index in [9.17, 15) is 0 Å². The van der Waals surface area contributed by atoms with Gasteiger partial charge in [-0.15, -0.1) is 0 Å². The van der Waals surface area contributed by atoms with E-state index in [1.54, 1.807) is 6.07 Å². The van der Waals surface area contributed by atoms with Crippen molar-refractivity contribution in [3.8, 4) is 5.75 Å². The van der Waals surface area contributed by atoms with Crippen LogP contribution in [0.2, 0.25) is 0 Å². The molecule has 0 spiro atoms. The minimum absolute atomic E-state index is 0.376. The molecule has 7 N–H and O–H groups in total. The van der Waals surface area contributed by atoms with Crippen LogP contribution in [0.25, 0.3) is 10.9 Å². The van der Waals surface area contributed by atoms with Gasteiger partial charge in [0.25, 0.3) is 0 Å². The third kappa shape index (κ3) is 4.90. The Kier molecular flexibility index (Phi) is 6.24. The van der Waals surface area contributed by atoms with Crippen LogP contribution in [0.1, 0.15) is 22.3 Å². The van der Waals surface area contributed by atoms with Crippen LogP contribution in [-0.4, -0.2) is 9.55 Å². The molecule has 0 saturated heterocycles. The Morgan fingerprint density at radius 1 is 0.829 bits per heavy atom. The smallest absolute Gasteiger partial charge is 0.165 e. The van der Waals surface area contributed by atoms with E-state index in [1.807, 2.05) is 30.3 Å². The van der Waals surface area contributed by atoms with E-state index >= 15 is 0 Å². The monoisotopic (exact) mass is 464 g/mol. The third-order valence-corrected chi connectivity index (χ3v) is 6.09. The van der Waals surface area contributed by atoms with Gasteiger partial charge in [0.1, 0.15) is 18.2 Å². The second-order valence-corrected chi connectivity index (χ2v) is 8.50. The molecule has 2 aromatic heterocycles. The van der Waals surface area contributed by atoms with E-state index < -0.39 is 0 Å². The zero-order valence-electron chi connectivity index (χ0n) is 19.3. The molecule has 2 heterocycles. The maximum atomic E-state index is 6.26. The van der Waals surface area contributed by atoms with Crippen LogP contribution >= 0.6 is 0 Å². The Hall–Kier alpha value is -4.49. The van der Waals surface area contributed by atoms with Gasteiger partial charge in [-0.05, 0) is 52.6 Å². The Morgan fingerprint density at radius 3 is 2.46 bits per heavy atom. The van der Waals surface area contributed by atoms with Gasteiger partial charge in [0, 0.05) is 30.1 Å². The normalized spacial score (nSPS) is 11.0. The largest absolute Gasteiger partial charge is 0.489 e. The van der Waals surface area contributed by atoms with Gasteiger partial charge in [0.2, 0.25) is 0 Å². The Labute approximate surface area is 204 Å². The standard InChI is InChI=1S/C28H28N6O/c29-26-16-22(27(30)28(32-26)33-31)15-21-9-5-11-25-24(21)12-13-34(25)17-20-8-4-10-23(14-20)35-18-19-6-2-1-3-7-19/h1-14,16H,15,17-18,30-31H2,(H3,29,32,33). The number of nitrogens with one attached hydrogen (secondary N) is 1. The zero-order valence-corrected chi connectivity index (χ0v) is 19.3. The lowest BCUT2D eigenvalue weighted by atomic mass is 10.0. The predicted molar refractivity (Wildman–Crippen MR) is 142 cm³/mol. The van der Waals surface area contributed by atoms with Crippen molar-refractivity contribution in [1.82, 2.24) is 9.55 Å². The average Bonchev–Trinajstić information content (AvgIpc) is 3.29. The number of nitrogen functional groups attached to an aromatic ring is 3. The number of benzene rings is 3. The molecule has 0 aliphatic heterocycles. The maximum Gasteiger partial charge on any atom is 0.165 e. The Bertz CT molecular complexity index is 1460. The molecular weight excluding hydrogens is 436 g/mol. The van der Waals surface area contributed by atoms with Gasteiger partial charge in [-0.2, -0.15) is 0 Å². The quantitative estimate of drug-likeness (QED) is 0.195. The first-order valence-electron chi connectivity index (χ1n) is 11.4. The number of pyridine rings is 1. The number of anilines is 3. The molecular formula is C28H28N6O. The molecule has 5 aromatic rings. The van der Waals surface area contributed by atoms with Crippen LogP contribution in [0.5, 0.6) is 5.75 Å². The van der Waals surface area contributed by atoms with Crippen molar-refractivity contribution < 1.29 is 4.74 Å². The second-order valence-electron chi connectivity index (χ2n) is 8.50. The minimum Gasteiger partial charge on any atom is -0.489 e. The summed E-state index contributed by atoms with van der Waals surface area (Å²) >= 11 is 0. The summed E-state index contributed by atoms with van der Waals surface area (Å²) in [5, 5.41) is 1.17. The molecule has 7 nitrogen and oxygen atoms in total. The molecule has 0 aliphatic rings. The molecule has 0 atom stereocenters. The van der Waals surface area contributed by atoms with Gasteiger partial charge >= 0.3 is 0 Å². The fraction of sp³-hybridized carbons (Fsp3) is 0.107. The van der Waals surface area contributed by atoms with Gasteiger partial charge < -0.3 is 26.2 Å². The lowest BCUT2D eigenvalue weighted by Gasteiger charge is -2.12. The van der Waals surface area contributed by atoms with E-state index in [1.165, 1.54) is 10.9 Å². The van der Waals surface area contributed by atoms with Crippen molar-refractivity contribution in [2.45, 2.75) is 19.6 Å². The first-order valence-corrected chi connectivity index (χ1v) is 11.4. The SMILES string of the molecule is NNc1nc(N)cc(Cc2cccc3c2ccn3Cc2cccc(OCc3ccccc3)c2)c1N. The minimum atomic E-state index is 0.376. The number of fused-ring (bicyclic) bond motifs is 1. The number of rotatable bonds is 8. The van der Waals surface area contributed by atoms with Crippen LogP contribution in [0.15, 0.2) is 91.1 Å². The fourth-order valence-electron chi connectivity index (χ4n) is 4.34. The Balaban J connectivity index is 1.37. The summed E-state index contributed by atoms with van der Waals surface area (Å²) in [7, 11) is 0. The predicted octanol–water partition coefficient (Wildman–Crippen LogP) is 4.70. The second kappa shape index (κ2) is 9.79. The summed E-state index contributed by atoms with van der Waals surface area (Å²) in [6.45, 7) is 1.28. The molecule has 7 heteroatoms. The highest BCUT2D eigenvalue weighted by atomic mass is 16.5. The van der Waals surface area contributed by atoms with Crippen LogP contribution in [-0.2, 0) is 19.6 Å². The summed E-state index contributed by atoms with van der Waals surface area (Å²) in [6.07, 6.45) is 2.74. The summed E-state index contributed by atoms with van der Waals surface area (Å²) in [6, 6.07) is 28.7. The summed E-state index contributed by atoms with van der Waals surface area (Å²) in [5.41, 5.74) is 20.7. The Morgan fingerprint density at radius 2 is 1.63 bits per heavy atom. The number of nitrogens with zero attached hydrogens (tertiary/aromatic N) is 2. The highest BCUT2D eigenvalue weighted by Crippen LogP contribution is 2.29. The van der Waals surface area contributed by atoms with Crippen molar-refractivity contribution in [2.75, 3.05) is 16.9 Å². The van der Waals surface area contributed by atoms with E-state index in [0.717, 1.165) is 34.5 Å². The summed E-state index contributed by atoms with van der Waals surface area (Å²) in [4.78, 5) is 4.15. The average molecular weight is 465 g/mol. The van der Waals surface area contributed by atoms with Gasteiger partial charge in [-0.25, -0.2) is 10.8 Å². The van der Waals surface area contributed by atoms with Gasteiger partial charge in [0.05, 0.1) is 5.69 Å². The lowest BCUT2D eigenvalue weighted by Crippen LogP contribution is -2.13. The van der Waals surface area contributed by atoms with Crippen molar-refractivity contribution in [1.29, 1.82) is 0 Å². The number of aromatic nitrogens is 2. The van der Waals surface area contributed by atoms with E-state index in [0.29, 0.717) is 30.4 Å². The molecule has 3 aromatic carbocycles. The fourth-order valence-corrected chi connectivity index (χ4v) is 4.34. The van der Waals surface area contributed by atoms with Crippen molar-refractivity contribution >= 4 is 28.2 Å². The van der Waals surface area contributed by atoms with Gasteiger partial charge in [0.15, 0.2) is 5.82 Å². The highest BCUT2D eigenvalue weighted by Gasteiger charge is 2.12. The molecule has 0 fully saturated rings. The molecule has 0 unspecified atom stereocenters. The van der Waals surface area contributed by atoms with Crippen LogP contribution in [0, 0.1) is 0 Å². The van der Waals surface area contributed by atoms with Crippen LogP contribution in [0.4, 0.5) is 17.3 Å². The maximum absolute atomic E-state index is 6.26. The lowest BCUT2D eigenvalue weighted by molar-refractivity contribution is 0.306. The molecule has 35 heavy (non-hydrogen) atoms. The van der Waals surface area contributed by atoms with Crippen LogP contribution < -0.4 is 27.5 Å². The molecule has 176 valence electrons. The van der Waals surface area contributed by atoms with Gasteiger partial charge in [-0.1, -0.05) is 54.6 Å². The molecule has 0 bridgehead atoms. The van der Waals surface area contributed by atoms with Crippen molar-refractivity contribution in [3.63, 3.8) is 0 Å². The number of hydrogen-bond acceptors (Lipinski definition) is 6. The first kappa shape index (κ1) is 22.3. The van der Waals surface area contributed by atoms with Crippen molar-refractivity contribution in [3.05, 3.63) is 113 Å². The van der Waals surface area contributed by atoms with Crippen LogP contribution in [0.3, 0.4) is 0 Å². The number of nitrogens with two attached hydrogens (primary N) is 3. The molecule has 0 radical (unpaired) electrons. The van der Waals surface area contributed by atoms with E-state index in [4.69, 9.17) is 22.0 Å². The zero-order chi connectivity index (χ0) is 24.2.